The lowest BCUT2D eigenvalue weighted by Gasteiger charge is -2.14. The van der Waals surface area contributed by atoms with Gasteiger partial charge in [-0.3, -0.25) is 4.79 Å². The molecule has 2 N–H and O–H groups in total. The van der Waals surface area contributed by atoms with Crippen LogP contribution in [0.5, 0.6) is 5.75 Å². The van der Waals surface area contributed by atoms with E-state index in [4.69, 9.17) is 9.84 Å². The number of aryl methyl sites for hydroxylation is 1. The summed E-state index contributed by atoms with van der Waals surface area (Å²) < 4.78 is 5.49. The minimum Gasteiger partial charge on any atom is -0.481 e. The van der Waals surface area contributed by atoms with Crippen molar-refractivity contribution in [1.29, 1.82) is 0 Å². The molecule has 0 heterocycles. The van der Waals surface area contributed by atoms with E-state index in [0.29, 0.717) is 18.7 Å². The third-order valence-electron chi connectivity index (χ3n) is 2.34. The van der Waals surface area contributed by atoms with Gasteiger partial charge in [0.1, 0.15) is 5.75 Å². The zero-order valence-electron chi connectivity index (χ0n) is 10.3. The molecule has 1 aromatic carbocycles. The van der Waals surface area contributed by atoms with Crippen molar-refractivity contribution < 1.29 is 14.6 Å². The van der Waals surface area contributed by atoms with Gasteiger partial charge in [0.25, 0.3) is 5.91 Å². The first-order valence-electron chi connectivity index (χ1n) is 5.75. The van der Waals surface area contributed by atoms with Gasteiger partial charge in [0, 0.05) is 13.2 Å². The van der Waals surface area contributed by atoms with Gasteiger partial charge in [0.2, 0.25) is 0 Å². The van der Waals surface area contributed by atoms with Crippen LogP contribution in [0.25, 0.3) is 0 Å². The summed E-state index contributed by atoms with van der Waals surface area (Å²) in [4.78, 5) is 11.6. The molecule has 4 heteroatoms. The number of aliphatic hydroxyl groups is 1. The van der Waals surface area contributed by atoms with E-state index in [9.17, 15) is 4.79 Å². The van der Waals surface area contributed by atoms with Crippen LogP contribution in [-0.4, -0.2) is 30.3 Å². The van der Waals surface area contributed by atoms with E-state index >= 15 is 0 Å². The van der Waals surface area contributed by atoms with E-state index in [1.165, 1.54) is 0 Å². The highest BCUT2D eigenvalue weighted by Gasteiger charge is 2.13. The molecular formula is C13H19NO3. The molecule has 0 aromatic heterocycles. The summed E-state index contributed by atoms with van der Waals surface area (Å²) in [5, 5.41) is 11.3. The Kier molecular flexibility index (Phi) is 5.49. The zero-order valence-corrected chi connectivity index (χ0v) is 10.3. The Morgan fingerprint density at radius 3 is 2.65 bits per heavy atom. The molecule has 1 aromatic rings. The summed E-state index contributed by atoms with van der Waals surface area (Å²) in [6.07, 6.45) is 0.0274. The van der Waals surface area contributed by atoms with Crippen molar-refractivity contribution in [3.05, 3.63) is 29.8 Å². The average Bonchev–Trinajstić information content (AvgIpc) is 2.32. The second kappa shape index (κ2) is 6.91. The van der Waals surface area contributed by atoms with Crippen LogP contribution in [0.1, 0.15) is 18.9 Å². The molecule has 1 amide bonds. The van der Waals surface area contributed by atoms with Gasteiger partial charge >= 0.3 is 0 Å². The molecule has 0 radical (unpaired) electrons. The van der Waals surface area contributed by atoms with Gasteiger partial charge in [-0.25, -0.2) is 0 Å². The number of benzene rings is 1. The molecule has 94 valence electrons. The molecule has 0 bridgehead atoms. The number of carbonyl (C=O) groups is 1. The monoisotopic (exact) mass is 237 g/mol. The molecule has 0 fully saturated rings. The van der Waals surface area contributed by atoms with Gasteiger partial charge in [-0.1, -0.05) is 17.7 Å². The van der Waals surface area contributed by atoms with Crippen LogP contribution in [0.15, 0.2) is 24.3 Å². The zero-order chi connectivity index (χ0) is 12.7. The van der Waals surface area contributed by atoms with Gasteiger partial charge in [-0.15, -0.1) is 0 Å². The summed E-state index contributed by atoms with van der Waals surface area (Å²) >= 11 is 0. The van der Waals surface area contributed by atoms with E-state index in [1.54, 1.807) is 6.92 Å². The van der Waals surface area contributed by atoms with Crippen LogP contribution in [0, 0.1) is 6.92 Å². The quantitative estimate of drug-likeness (QED) is 0.732. The maximum atomic E-state index is 11.6. The summed E-state index contributed by atoms with van der Waals surface area (Å²) in [6.45, 7) is 4.24. The van der Waals surface area contributed by atoms with Crippen LogP contribution in [0.3, 0.4) is 0 Å². The molecule has 4 nitrogen and oxygen atoms in total. The highest BCUT2D eigenvalue weighted by molar-refractivity contribution is 5.80. The molecule has 0 saturated heterocycles. The van der Waals surface area contributed by atoms with Gasteiger partial charge < -0.3 is 15.2 Å². The molecule has 1 rings (SSSR count). The number of nitrogens with one attached hydrogen (secondary N) is 1. The van der Waals surface area contributed by atoms with E-state index in [1.807, 2.05) is 31.2 Å². The first-order valence-corrected chi connectivity index (χ1v) is 5.75. The summed E-state index contributed by atoms with van der Waals surface area (Å²) in [6, 6.07) is 7.55. The second-order valence-electron chi connectivity index (χ2n) is 3.94. The molecule has 1 atom stereocenters. The number of aliphatic hydroxyl groups excluding tert-OH is 1. The average molecular weight is 237 g/mol. The van der Waals surface area contributed by atoms with Gasteiger partial charge in [-0.05, 0) is 32.4 Å². The summed E-state index contributed by atoms with van der Waals surface area (Å²) in [5.74, 6) is 0.513. The maximum absolute atomic E-state index is 11.6. The third kappa shape index (κ3) is 4.87. The Morgan fingerprint density at radius 2 is 2.06 bits per heavy atom. The highest BCUT2D eigenvalue weighted by atomic mass is 16.5. The largest absolute Gasteiger partial charge is 0.481 e. The molecular weight excluding hydrogens is 218 g/mol. The Bertz CT molecular complexity index is 348. The van der Waals surface area contributed by atoms with Crippen LogP contribution < -0.4 is 10.1 Å². The molecule has 0 aliphatic heterocycles. The number of hydrogen-bond donors (Lipinski definition) is 2. The number of ether oxygens (including phenoxy) is 1. The predicted octanol–water partition coefficient (Wildman–Crippen LogP) is 1.26. The molecule has 1 unspecified atom stereocenters. The predicted molar refractivity (Wildman–Crippen MR) is 66.0 cm³/mol. The Hall–Kier alpha value is -1.55. The third-order valence-corrected chi connectivity index (χ3v) is 2.34. The lowest BCUT2D eigenvalue weighted by molar-refractivity contribution is -0.127. The highest BCUT2D eigenvalue weighted by Crippen LogP contribution is 2.13. The van der Waals surface area contributed by atoms with E-state index in [2.05, 4.69) is 5.32 Å². The number of amides is 1. The lowest BCUT2D eigenvalue weighted by atomic mass is 10.2. The smallest absolute Gasteiger partial charge is 0.260 e. The second-order valence-corrected chi connectivity index (χ2v) is 3.94. The number of hydrogen-bond acceptors (Lipinski definition) is 3. The minimum atomic E-state index is -0.531. The van der Waals surface area contributed by atoms with Crippen molar-refractivity contribution in [3.8, 4) is 5.75 Å². The van der Waals surface area contributed by atoms with E-state index in [-0.39, 0.29) is 12.5 Å². The van der Waals surface area contributed by atoms with Gasteiger partial charge in [-0.2, -0.15) is 0 Å². The van der Waals surface area contributed by atoms with Crippen molar-refractivity contribution in [2.45, 2.75) is 26.4 Å². The fourth-order valence-corrected chi connectivity index (χ4v) is 1.31. The standard InChI is InChI=1S/C13H19NO3/c1-10-4-6-12(7-5-10)17-11(2)13(16)14-8-3-9-15/h4-7,11,15H,3,8-9H2,1-2H3,(H,14,16). The van der Waals surface area contributed by atoms with Crippen LogP contribution in [-0.2, 0) is 4.79 Å². The molecule has 0 aliphatic carbocycles. The first kappa shape index (κ1) is 13.5. The van der Waals surface area contributed by atoms with Crippen molar-refractivity contribution >= 4 is 5.91 Å². The fraction of sp³-hybridized carbons (Fsp3) is 0.462. The van der Waals surface area contributed by atoms with Crippen molar-refractivity contribution in [2.75, 3.05) is 13.2 Å². The van der Waals surface area contributed by atoms with Crippen LogP contribution in [0.2, 0.25) is 0 Å². The fourth-order valence-electron chi connectivity index (χ4n) is 1.31. The summed E-state index contributed by atoms with van der Waals surface area (Å²) in [5.41, 5.74) is 1.15. The topological polar surface area (TPSA) is 58.6 Å². The molecule has 0 saturated carbocycles. The Morgan fingerprint density at radius 1 is 1.41 bits per heavy atom. The Labute approximate surface area is 102 Å². The van der Waals surface area contributed by atoms with Gasteiger partial charge in [0.05, 0.1) is 0 Å². The Balaban J connectivity index is 2.40. The van der Waals surface area contributed by atoms with Crippen LogP contribution >= 0.6 is 0 Å². The SMILES string of the molecule is Cc1ccc(OC(C)C(=O)NCCCO)cc1. The van der Waals surface area contributed by atoms with Crippen LogP contribution in [0.4, 0.5) is 0 Å². The maximum Gasteiger partial charge on any atom is 0.260 e. The minimum absolute atomic E-state index is 0.0769. The lowest BCUT2D eigenvalue weighted by Crippen LogP contribution is -2.37. The molecule has 0 spiro atoms. The van der Waals surface area contributed by atoms with E-state index < -0.39 is 6.10 Å². The van der Waals surface area contributed by atoms with Crippen molar-refractivity contribution in [2.24, 2.45) is 0 Å². The van der Waals surface area contributed by atoms with E-state index in [0.717, 1.165) is 5.56 Å². The first-order chi connectivity index (χ1) is 8.13. The van der Waals surface area contributed by atoms with Crippen molar-refractivity contribution in [1.82, 2.24) is 5.32 Å². The number of carbonyl (C=O) groups excluding carboxylic acids is 1. The molecule has 0 aliphatic rings. The van der Waals surface area contributed by atoms with Gasteiger partial charge in [0.15, 0.2) is 6.10 Å². The summed E-state index contributed by atoms with van der Waals surface area (Å²) in [7, 11) is 0. The number of rotatable bonds is 6. The normalized spacial score (nSPS) is 11.9. The van der Waals surface area contributed by atoms with Crippen molar-refractivity contribution in [3.63, 3.8) is 0 Å². The molecule has 17 heavy (non-hydrogen) atoms.